The molecule has 1 aliphatic rings. The zero-order chi connectivity index (χ0) is 13.1. The fourth-order valence-corrected chi connectivity index (χ4v) is 2.10. The minimum absolute atomic E-state index is 0.278. The molecule has 4 nitrogen and oxygen atoms in total. The van der Waals surface area contributed by atoms with E-state index in [2.05, 4.69) is 9.88 Å². The molecule has 0 aromatic carbocycles. The fraction of sp³-hybridized carbons (Fsp3) is 0.643. The number of ether oxygens (including phenoxy) is 2. The third-order valence-electron chi connectivity index (χ3n) is 3.22. The Morgan fingerprint density at radius 1 is 1.28 bits per heavy atom. The van der Waals surface area contributed by atoms with Crippen LogP contribution in [0.3, 0.4) is 0 Å². The van der Waals surface area contributed by atoms with E-state index in [4.69, 9.17) is 9.47 Å². The van der Waals surface area contributed by atoms with E-state index in [0.29, 0.717) is 6.10 Å². The third-order valence-corrected chi connectivity index (χ3v) is 3.22. The highest BCUT2D eigenvalue weighted by molar-refractivity contribution is 5.29. The third kappa shape index (κ3) is 3.21. The molecule has 18 heavy (non-hydrogen) atoms. The molecule has 1 aromatic rings. The smallest absolute Gasteiger partial charge is 0.142 e. The number of aromatic nitrogens is 1. The highest BCUT2D eigenvalue weighted by Gasteiger charge is 2.31. The first-order valence-corrected chi connectivity index (χ1v) is 6.39. The summed E-state index contributed by atoms with van der Waals surface area (Å²) in [6.45, 7) is 2.81. The molecule has 4 heteroatoms. The predicted octanol–water partition coefficient (Wildman–Crippen LogP) is 2.01. The van der Waals surface area contributed by atoms with Crippen molar-refractivity contribution in [3.05, 3.63) is 23.5 Å². The van der Waals surface area contributed by atoms with Gasteiger partial charge in [0.2, 0.25) is 0 Å². The summed E-state index contributed by atoms with van der Waals surface area (Å²) in [6.07, 6.45) is 2.60. The fourth-order valence-electron chi connectivity index (χ4n) is 2.10. The average Bonchev–Trinajstić information content (AvgIpc) is 2.24. The number of nitrogens with zero attached hydrogens (tertiary/aromatic N) is 2. The zero-order valence-electron chi connectivity index (χ0n) is 11.6. The highest BCUT2D eigenvalue weighted by atomic mass is 16.5. The topological polar surface area (TPSA) is 34.6 Å². The molecule has 0 bridgehead atoms. The molecule has 0 N–H and O–H groups in total. The zero-order valence-corrected chi connectivity index (χ0v) is 11.6. The molecule has 0 radical (unpaired) electrons. The highest BCUT2D eigenvalue weighted by Crippen LogP contribution is 2.29. The quantitative estimate of drug-likeness (QED) is 0.800. The van der Waals surface area contributed by atoms with Gasteiger partial charge < -0.3 is 14.4 Å². The van der Waals surface area contributed by atoms with E-state index in [1.165, 1.54) is 0 Å². The monoisotopic (exact) mass is 250 g/mol. The summed E-state index contributed by atoms with van der Waals surface area (Å²) in [5.74, 6) is 0.911. The molecule has 1 fully saturated rings. The first-order chi connectivity index (χ1) is 8.58. The van der Waals surface area contributed by atoms with E-state index >= 15 is 0 Å². The minimum Gasteiger partial charge on any atom is -0.488 e. The van der Waals surface area contributed by atoms with E-state index < -0.39 is 0 Å². The van der Waals surface area contributed by atoms with Gasteiger partial charge in [0.25, 0.3) is 0 Å². The Bertz CT molecular complexity index is 401. The Kier molecular flexibility index (Phi) is 4.19. The van der Waals surface area contributed by atoms with E-state index in [0.717, 1.165) is 36.5 Å². The molecule has 1 aromatic heterocycles. The lowest BCUT2D eigenvalue weighted by molar-refractivity contribution is -0.0387. The number of pyridine rings is 1. The van der Waals surface area contributed by atoms with Gasteiger partial charge in [-0.25, -0.2) is 0 Å². The Balaban J connectivity index is 2.03. The lowest BCUT2D eigenvalue weighted by atomic mass is 9.92. The molecule has 2 rings (SSSR count). The molecule has 1 heterocycles. The van der Waals surface area contributed by atoms with Gasteiger partial charge in [-0.1, -0.05) is 0 Å². The standard InChI is InChI=1S/C14H22N2O2/c1-10-5-6-14(13(15-10)9-16(2)3)18-12-7-11(8-12)17-4/h5-6,11-12H,7-9H2,1-4H3/t11-,12-. The van der Waals surface area contributed by atoms with Gasteiger partial charge in [0.1, 0.15) is 11.9 Å². The van der Waals surface area contributed by atoms with Crippen LogP contribution in [0.15, 0.2) is 12.1 Å². The van der Waals surface area contributed by atoms with Crippen molar-refractivity contribution in [3.63, 3.8) is 0 Å². The average molecular weight is 250 g/mol. The van der Waals surface area contributed by atoms with Gasteiger partial charge in [0.15, 0.2) is 0 Å². The van der Waals surface area contributed by atoms with Gasteiger partial charge in [-0.15, -0.1) is 0 Å². The number of rotatable bonds is 5. The van der Waals surface area contributed by atoms with Crippen molar-refractivity contribution in [2.24, 2.45) is 0 Å². The largest absolute Gasteiger partial charge is 0.488 e. The predicted molar refractivity (Wildman–Crippen MR) is 70.8 cm³/mol. The summed E-state index contributed by atoms with van der Waals surface area (Å²) in [5, 5.41) is 0. The number of hydrogen-bond acceptors (Lipinski definition) is 4. The molecule has 0 spiro atoms. The molecule has 0 saturated heterocycles. The van der Waals surface area contributed by atoms with E-state index in [1.54, 1.807) is 7.11 Å². The van der Waals surface area contributed by atoms with Crippen molar-refractivity contribution in [2.45, 2.75) is 38.5 Å². The van der Waals surface area contributed by atoms with Crippen molar-refractivity contribution < 1.29 is 9.47 Å². The van der Waals surface area contributed by atoms with Crippen LogP contribution in [-0.4, -0.2) is 43.3 Å². The first-order valence-electron chi connectivity index (χ1n) is 6.39. The molecular formula is C14H22N2O2. The molecule has 0 unspecified atom stereocenters. The molecular weight excluding hydrogens is 228 g/mol. The Labute approximate surface area is 109 Å². The number of aryl methyl sites for hydroxylation is 1. The van der Waals surface area contributed by atoms with Crippen LogP contribution in [0.25, 0.3) is 0 Å². The van der Waals surface area contributed by atoms with Gasteiger partial charge >= 0.3 is 0 Å². The molecule has 0 aliphatic heterocycles. The van der Waals surface area contributed by atoms with Crippen molar-refractivity contribution in [1.82, 2.24) is 9.88 Å². The van der Waals surface area contributed by atoms with E-state index in [9.17, 15) is 0 Å². The van der Waals surface area contributed by atoms with E-state index in [1.807, 2.05) is 33.2 Å². The van der Waals surface area contributed by atoms with Crippen LogP contribution in [0.1, 0.15) is 24.2 Å². The Morgan fingerprint density at radius 3 is 2.61 bits per heavy atom. The molecule has 1 saturated carbocycles. The summed E-state index contributed by atoms with van der Waals surface area (Å²) in [6, 6.07) is 4.03. The Hall–Kier alpha value is -1.13. The van der Waals surface area contributed by atoms with Crippen LogP contribution < -0.4 is 4.74 Å². The van der Waals surface area contributed by atoms with Gasteiger partial charge in [-0.3, -0.25) is 4.98 Å². The lowest BCUT2D eigenvalue weighted by Crippen LogP contribution is -2.39. The van der Waals surface area contributed by atoms with Crippen molar-refractivity contribution in [2.75, 3.05) is 21.2 Å². The van der Waals surface area contributed by atoms with E-state index in [-0.39, 0.29) is 6.10 Å². The second-order valence-corrected chi connectivity index (χ2v) is 5.20. The minimum atomic E-state index is 0.278. The van der Waals surface area contributed by atoms with Crippen molar-refractivity contribution >= 4 is 0 Å². The van der Waals surface area contributed by atoms with Crippen LogP contribution in [0, 0.1) is 6.92 Å². The summed E-state index contributed by atoms with van der Waals surface area (Å²) < 4.78 is 11.3. The van der Waals surface area contributed by atoms with Crippen LogP contribution >= 0.6 is 0 Å². The second-order valence-electron chi connectivity index (χ2n) is 5.20. The first kappa shape index (κ1) is 13.3. The second kappa shape index (κ2) is 5.67. The Morgan fingerprint density at radius 2 is 2.00 bits per heavy atom. The SMILES string of the molecule is CO[C@H]1C[C@H](Oc2ccc(C)nc2CN(C)C)C1. The lowest BCUT2D eigenvalue weighted by Gasteiger charge is -2.34. The van der Waals surface area contributed by atoms with Crippen molar-refractivity contribution in [1.29, 1.82) is 0 Å². The van der Waals surface area contributed by atoms with Crippen LogP contribution in [-0.2, 0) is 11.3 Å². The summed E-state index contributed by atoms with van der Waals surface area (Å²) in [4.78, 5) is 6.67. The summed E-state index contributed by atoms with van der Waals surface area (Å²) in [5.41, 5.74) is 2.04. The molecule has 0 amide bonds. The van der Waals surface area contributed by atoms with Crippen LogP contribution in [0.5, 0.6) is 5.75 Å². The normalized spacial score (nSPS) is 22.9. The molecule has 0 atom stereocenters. The van der Waals surface area contributed by atoms with Gasteiger partial charge in [0.05, 0.1) is 11.8 Å². The number of methoxy groups -OCH3 is 1. The summed E-state index contributed by atoms with van der Waals surface area (Å²) >= 11 is 0. The number of hydrogen-bond donors (Lipinski definition) is 0. The maximum atomic E-state index is 6.00. The molecule has 100 valence electrons. The summed E-state index contributed by atoms with van der Waals surface area (Å²) in [7, 11) is 5.84. The maximum absolute atomic E-state index is 6.00. The van der Waals surface area contributed by atoms with Gasteiger partial charge in [-0.05, 0) is 33.2 Å². The van der Waals surface area contributed by atoms with Crippen LogP contribution in [0.2, 0.25) is 0 Å². The molecule has 1 aliphatic carbocycles. The van der Waals surface area contributed by atoms with Gasteiger partial charge in [0, 0.05) is 32.2 Å². The maximum Gasteiger partial charge on any atom is 0.142 e. The van der Waals surface area contributed by atoms with Crippen LogP contribution in [0.4, 0.5) is 0 Å². The van der Waals surface area contributed by atoms with Crippen molar-refractivity contribution in [3.8, 4) is 5.75 Å². The van der Waals surface area contributed by atoms with Gasteiger partial charge in [-0.2, -0.15) is 0 Å².